The van der Waals surface area contributed by atoms with Gasteiger partial charge in [-0.15, -0.1) is 27.8 Å². The zero-order valence-corrected chi connectivity index (χ0v) is 21.5. The van der Waals surface area contributed by atoms with E-state index in [1.165, 1.54) is 16.0 Å². The van der Waals surface area contributed by atoms with Crippen molar-refractivity contribution in [2.75, 3.05) is 13.1 Å². The number of H-pyrrole nitrogens is 1. The van der Waals surface area contributed by atoms with Gasteiger partial charge in [0, 0.05) is 34.8 Å². The molecule has 9 heteroatoms. The smallest absolute Gasteiger partial charge is 0.100 e. The molecule has 7 nitrogen and oxygen atoms in total. The van der Waals surface area contributed by atoms with Crippen molar-refractivity contribution < 1.29 is 0 Å². The van der Waals surface area contributed by atoms with Gasteiger partial charge in [-0.3, -0.25) is 10.00 Å². The largest absolute Gasteiger partial charge is 0.298 e. The minimum atomic E-state index is 0.412. The fourth-order valence-corrected chi connectivity index (χ4v) is 6.82. The topological polar surface area (TPSA) is 75.5 Å². The number of rotatable bonds is 5. The predicted molar refractivity (Wildman–Crippen MR) is 146 cm³/mol. The molecule has 0 saturated carbocycles. The molecule has 0 radical (unpaired) electrons. The lowest BCUT2D eigenvalue weighted by Crippen LogP contribution is -2.33. The van der Waals surface area contributed by atoms with Gasteiger partial charge in [0.15, 0.2) is 0 Å². The van der Waals surface area contributed by atoms with Crippen LogP contribution in [-0.4, -0.2) is 48.2 Å². The van der Waals surface area contributed by atoms with Gasteiger partial charge < -0.3 is 0 Å². The Labute approximate surface area is 216 Å². The van der Waals surface area contributed by atoms with Crippen LogP contribution in [0.3, 0.4) is 0 Å². The summed E-state index contributed by atoms with van der Waals surface area (Å²) in [6.07, 6.45) is 4.45. The Morgan fingerprint density at radius 1 is 1.14 bits per heavy atom. The van der Waals surface area contributed by atoms with E-state index in [-0.39, 0.29) is 0 Å². The Hall–Kier alpha value is -3.40. The lowest BCUT2D eigenvalue weighted by molar-refractivity contribution is 0.200. The molecule has 7 rings (SSSR count). The average Bonchev–Trinajstić information content (AvgIpc) is 3.69. The van der Waals surface area contributed by atoms with Crippen LogP contribution in [0.2, 0.25) is 0 Å². The molecule has 180 valence electrons. The highest BCUT2D eigenvalue weighted by Crippen LogP contribution is 2.32. The molecule has 4 aromatic heterocycles. The third-order valence-corrected chi connectivity index (χ3v) is 8.77. The fourth-order valence-electron chi connectivity index (χ4n) is 5.21. The summed E-state index contributed by atoms with van der Waals surface area (Å²) in [4.78, 5) is 8.55. The van der Waals surface area contributed by atoms with Crippen molar-refractivity contribution in [2.45, 2.75) is 32.2 Å². The molecule has 36 heavy (non-hydrogen) atoms. The molecule has 1 aliphatic rings. The molecule has 0 aliphatic carbocycles. The maximum atomic E-state index is 4.64. The Kier molecular flexibility index (Phi) is 5.41. The zero-order chi connectivity index (χ0) is 24.1. The molecule has 1 aliphatic heterocycles. The van der Waals surface area contributed by atoms with E-state index in [4.69, 9.17) is 0 Å². The second-order valence-electron chi connectivity index (χ2n) is 9.46. The minimum Gasteiger partial charge on any atom is -0.298 e. The number of thiophene rings is 1. The standard InChI is InChI=1S/C27H25N7S2/c1-17-28-24-8-6-18(12-26(24)36-17)27-22-13-20(7-9-23(22)29-31-27)34-16-25(30-32-34)19-4-2-10-33(14-19)15-21-5-3-11-35-21/h3,5-9,11-13,16,19H,2,4,10,14-15H2,1H3,(H,29,31)/t19-/m1/s1. The van der Waals surface area contributed by atoms with Gasteiger partial charge in [0.25, 0.3) is 0 Å². The Balaban J connectivity index is 1.16. The van der Waals surface area contributed by atoms with Gasteiger partial charge in [0.2, 0.25) is 0 Å². The van der Waals surface area contributed by atoms with E-state index in [1.54, 1.807) is 11.3 Å². The second-order valence-corrected chi connectivity index (χ2v) is 11.7. The highest BCUT2D eigenvalue weighted by atomic mass is 32.1. The van der Waals surface area contributed by atoms with Crippen molar-refractivity contribution in [3.05, 3.63) is 75.7 Å². The van der Waals surface area contributed by atoms with Gasteiger partial charge in [0.05, 0.1) is 38.3 Å². The first-order chi connectivity index (χ1) is 17.7. The number of piperidine rings is 1. The first-order valence-electron chi connectivity index (χ1n) is 12.2. The normalized spacial score (nSPS) is 16.9. The van der Waals surface area contributed by atoms with Gasteiger partial charge in [-0.05, 0) is 68.1 Å². The molecule has 0 unspecified atom stereocenters. The summed E-state index contributed by atoms with van der Waals surface area (Å²) in [5.41, 5.74) is 6.13. The van der Waals surface area contributed by atoms with E-state index >= 15 is 0 Å². The lowest BCUT2D eigenvalue weighted by Gasteiger charge is -2.31. The van der Waals surface area contributed by atoms with Gasteiger partial charge >= 0.3 is 0 Å². The van der Waals surface area contributed by atoms with Crippen molar-refractivity contribution in [1.82, 2.24) is 35.1 Å². The molecule has 1 fully saturated rings. The second kappa shape index (κ2) is 8.92. The van der Waals surface area contributed by atoms with Crippen LogP contribution < -0.4 is 0 Å². The molecule has 5 heterocycles. The molecular weight excluding hydrogens is 486 g/mol. The average molecular weight is 512 g/mol. The number of aromatic nitrogens is 6. The molecule has 1 saturated heterocycles. The maximum absolute atomic E-state index is 4.64. The van der Waals surface area contributed by atoms with E-state index in [2.05, 4.69) is 90.5 Å². The number of nitrogens with one attached hydrogen (secondary N) is 1. The maximum Gasteiger partial charge on any atom is 0.100 e. The number of aromatic amines is 1. The van der Waals surface area contributed by atoms with Crippen LogP contribution >= 0.6 is 22.7 Å². The quantitative estimate of drug-likeness (QED) is 0.300. The highest BCUT2D eigenvalue weighted by molar-refractivity contribution is 7.18. The number of aryl methyl sites for hydroxylation is 1. The first-order valence-corrected chi connectivity index (χ1v) is 13.9. The molecule has 0 spiro atoms. The van der Waals surface area contributed by atoms with Crippen LogP contribution in [0, 0.1) is 6.92 Å². The van der Waals surface area contributed by atoms with Crippen molar-refractivity contribution >= 4 is 43.8 Å². The van der Waals surface area contributed by atoms with E-state index in [0.717, 1.165) is 70.1 Å². The van der Waals surface area contributed by atoms with Crippen LogP contribution in [-0.2, 0) is 6.54 Å². The van der Waals surface area contributed by atoms with Crippen LogP contribution in [0.1, 0.15) is 34.3 Å². The summed E-state index contributed by atoms with van der Waals surface area (Å²) < 4.78 is 3.08. The molecule has 2 aromatic carbocycles. The molecule has 0 bridgehead atoms. The molecule has 0 amide bonds. The zero-order valence-electron chi connectivity index (χ0n) is 19.9. The van der Waals surface area contributed by atoms with Crippen molar-refractivity contribution in [1.29, 1.82) is 0 Å². The van der Waals surface area contributed by atoms with E-state index in [9.17, 15) is 0 Å². The van der Waals surface area contributed by atoms with Gasteiger partial charge in [-0.2, -0.15) is 5.10 Å². The monoisotopic (exact) mass is 511 g/mol. The van der Waals surface area contributed by atoms with Gasteiger partial charge in [0.1, 0.15) is 5.69 Å². The predicted octanol–water partition coefficient (Wildman–Crippen LogP) is 6.17. The first kappa shape index (κ1) is 21.8. The number of benzene rings is 2. The summed E-state index contributed by atoms with van der Waals surface area (Å²) in [6, 6.07) is 17.0. The third kappa shape index (κ3) is 4.03. The van der Waals surface area contributed by atoms with E-state index in [0.29, 0.717) is 5.92 Å². The van der Waals surface area contributed by atoms with Crippen molar-refractivity contribution in [3.63, 3.8) is 0 Å². The molecule has 6 aromatic rings. The summed E-state index contributed by atoms with van der Waals surface area (Å²) in [5.74, 6) is 0.412. The van der Waals surface area contributed by atoms with Crippen LogP contribution in [0.5, 0.6) is 0 Å². The van der Waals surface area contributed by atoms with Gasteiger partial charge in [-0.1, -0.05) is 17.3 Å². The summed E-state index contributed by atoms with van der Waals surface area (Å²) in [6.45, 7) is 5.24. The molecular formula is C27H25N7S2. The number of likely N-dealkylation sites (tertiary alicyclic amines) is 1. The van der Waals surface area contributed by atoms with Crippen LogP contribution in [0.25, 0.3) is 38.1 Å². The number of thiazole rings is 1. The molecule has 1 atom stereocenters. The number of fused-ring (bicyclic) bond motifs is 2. The summed E-state index contributed by atoms with van der Waals surface area (Å²) in [7, 11) is 0. The Morgan fingerprint density at radius 3 is 3.03 bits per heavy atom. The van der Waals surface area contributed by atoms with Crippen LogP contribution in [0.15, 0.2) is 60.1 Å². The summed E-state index contributed by atoms with van der Waals surface area (Å²) >= 11 is 3.55. The Morgan fingerprint density at radius 2 is 2.11 bits per heavy atom. The van der Waals surface area contributed by atoms with Crippen molar-refractivity contribution in [3.8, 4) is 16.9 Å². The number of hydrogen-bond acceptors (Lipinski definition) is 7. The SMILES string of the molecule is Cc1nc2ccc(-c3n[nH]c4ccc(-n5cc([C@@H]6CCCN(Cc7cccs7)C6)nn5)cc34)cc2s1. The lowest BCUT2D eigenvalue weighted by atomic mass is 9.95. The third-order valence-electron chi connectivity index (χ3n) is 6.97. The fraction of sp³-hybridized carbons (Fsp3) is 0.259. The number of hydrogen-bond donors (Lipinski definition) is 1. The Bertz CT molecular complexity index is 1660. The highest BCUT2D eigenvalue weighted by Gasteiger charge is 2.24. The minimum absolute atomic E-state index is 0.412. The summed E-state index contributed by atoms with van der Waals surface area (Å²) in [5, 5.41) is 21.2. The van der Waals surface area contributed by atoms with Gasteiger partial charge in [-0.25, -0.2) is 9.67 Å². The van der Waals surface area contributed by atoms with Crippen molar-refractivity contribution in [2.24, 2.45) is 0 Å². The molecule has 1 N–H and O–H groups in total. The van der Waals surface area contributed by atoms with E-state index in [1.807, 2.05) is 22.9 Å². The number of nitrogens with zero attached hydrogens (tertiary/aromatic N) is 6. The van der Waals surface area contributed by atoms with E-state index < -0.39 is 0 Å². The van der Waals surface area contributed by atoms with Crippen LogP contribution in [0.4, 0.5) is 0 Å².